The summed E-state index contributed by atoms with van der Waals surface area (Å²) in [7, 11) is 0. The van der Waals surface area contributed by atoms with E-state index in [4.69, 9.17) is 0 Å². The summed E-state index contributed by atoms with van der Waals surface area (Å²) in [4.78, 5) is 12.9. The Labute approximate surface area is 100 Å². The van der Waals surface area contributed by atoms with E-state index in [2.05, 4.69) is 32.3 Å². The van der Waals surface area contributed by atoms with Crippen LogP contribution < -0.4 is 5.32 Å². The summed E-state index contributed by atoms with van der Waals surface area (Å²) in [6.45, 7) is 7.44. The van der Waals surface area contributed by atoms with Crippen LogP contribution in [0.25, 0.3) is 5.82 Å². The maximum atomic E-state index is 4.49. The van der Waals surface area contributed by atoms with Gasteiger partial charge in [0.25, 0.3) is 0 Å². The van der Waals surface area contributed by atoms with Gasteiger partial charge in [-0.05, 0) is 20.4 Å². The van der Waals surface area contributed by atoms with E-state index in [-0.39, 0.29) is 0 Å². The number of hydrogen-bond acceptors (Lipinski definition) is 5. The van der Waals surface area contributed by atoms with Gasteiger partial charge in [-0.25, -0.2) is 9.97 Å². The second kappa shape index (κ2) is 5.01. The Hall–Kier alpha value is -1.82. The summed E-state index contributed by atoms with van der Waals surface area (Å²) in [5, 5.41) is 7.50. The van der Waals surface area contributed by atoms with Crippen molar-refractivity contribution in [2.24, 2.45) is 0 Å². The SMILES string of the molecule is CCNCc1cncc(-n2nc(C)nc2C)n1. The zero-order valence-electron chi connectivity index (χ0n) is 10.3. The third-order valence-electron chi connectivity index (χ3n) is 2.32. The van der Waals surface area contributed by atoms with E-state index in [1.807, 2.05) is 13.8 Å². The second-order valence-electron chi connectivity index (χ2n) is 3.77. The van der Waals surface area contributed by atoms with Crippen LogP contribution in [-0.4, -0.2) is 31.3 Å². The Morgan fingerprint density at radius 3 is 2.71 bits per heavy atom. The van der Waals surface area contributed by atoms with Crippen LogP contribution in [0.5, 0.6) is 0 Å². The van der Waals surface area contributed by atoms with Crippen molar-refractivity contribution >= 4 is 0 Å². The molecule has 0 aliphatic carbocycles. The smallest absolute Gasteiger partial charge is 0.174 e. The molecule has 0 aliphatic heterocycles. The van der Waals surface area contributed by atoms with Crippen LogP contribution in [0, 0.1) is 13.8 Å². The molecule has 0 aliphatic rings. The van der Waals surface area contributed by atoms with Gasteiger partial charge >= 0.3 is 0 Å². The van der Waals surface area contributed by atoms with Crippen molar-refractivity contribution in [1.82, 2.24) is 30.0 Å². The predicted molar refractivity (Wildman–Crippen MR) is 63.8 cm³/mol. The lowest BCUT2D eigenvalue weighted by molar-refractivity contribution is 0.696. The average molecular weight is 232 g/mol. The van der Waals surface area contributed by atoms with Gasteiger partial charge in [-0.2, -0.15) is 4.68 Å². The Balaban J connectivity index is 2.29. The highest BCUT2D eigenvalue weighted by Crippen LogP contribution is 2.05. The van der Waals surface area contributed by atoms with Gasteiger partial charge in [-0.15, -0.1) is 5.10 Å². The van der Waals surface area contributed by atoms with Crippen molar-refractivity contribution in [2.45, 2.75) is 27.3 Å². The van der Waals surface area contributed by atoms with E-state index in [1.165, 1.54) is 0 Å². The number of nitrogens with zero attached hydrogens (tertiary/aromatic N) is 5. The number of aryl methyl sites for hydroxylation is 2. The van der Waals surface area contributed by atoms with Gasteiger partial charge < -0.3 is 5.32 Å². The van der Waals surface area contributed by atoms with E-state index < -0.39 is 0 Å². The molecular weight excluding hydrogens is 216 g/mol. The normalized spacial score (nSPS) is 10.8. The third kappa shape index (κ3) is 2.65. The van der Waals surface area contributed by atoms with E-state index >= 15 is 0 Å². The first kappa shape index (κ1) is 11.7. The first-order valence-electron chi connectivity index (χ1n) is 5.63. The summed E-state index contributed by atoms with van der Waals surface area (Å²) in [6, 6.07) is 0. The minimum Gasteiger partial charge on any atom is -0.311 e. The zero-order chi connectivity index (χ0) is 12.3. The van der Waals surface area contributed by atoms with Crippen LogP contribution in [0.2, 0.25) is 0 Å². The number of nitrogens with one attached hydrogen (secondary N) is 1. The molecule has 2 rings (SSSR count). The molecule has 0 saturated carbocycles. The highest BCUT2D eigenvalue weighted by Gasteiger charge is 2.07. The van der Waals surface area contributed by atoms with E-state index in [0.717, 1.165) is 23.9 Å². The maximum Gasteiger partial charge on any atom is 0.174 e. The Kier molecular flexibility index (Phi) is 3.43. The van der Waals surface area contributed by atoms with Gasteiger partial charge in [0.05, 0.1) is 11.9 Å². The van der Waals surface area contributed by atoms with E-state index in [9.17, 15) is 0 Å². The van der Waals surface area contributed by atoms with Crippen LogP contribution >= 0.6 is 0 Å². The van der Waals surface area contributed by atoms with Crippen molar-refractivity contribution < 1.29 is 0 Å². The standard InChI is InChI=1S/C11H16N6/c1-4-12-5-10-6-13-7-11(15-10)17-9(3)14-8(2)16-17/h6-7,12H,4-5H2,1-3H3. The molecule has 0 fully saturated rings. The molecule has 2 aromatic rings. The summed E-state index contributed by atoms with van der Waals surface area (Å²) < 4.78 is 1.71. The summed E-state index contributed by atoms with van der Waals surface area (Å²) in [5.74, 6) is 2.26. The molecule has 0 spiro atoms. The molecule has 0 aromatic carbocycles. The fourth-order valence-electron chi connectivity index (χ4n) is 1.57. The van der Waals surface area contributed by atoms with E-state index in [0.29, 0.717) is 12.4 Å². The third-order valence-corrected chi connectivity index (χ3v) is 2.32. The van der Waals surface area contributed by atoms with Crippen molar-refractivity contribution in [1.29, 1.82) is 0 Å². The van der Waals surface area contributed by atoms with Gasteiger partial charge in [-0.1, -0.05) is 6.92 Å². The molecule has 0 radical (unpaired) electrons. The minimum atomic E-state index is 0.707. The first-order valence-corrected chi connectivity index (χ1v) is 5.63. The van der Waals surface area contributed by atoms with Crippen LogP contribution in [0.3, 0.4) is 0 Å². The molecule has 6 nitrogen and oxygen atoms in total. The lowest BCUT2D eigenvalue weighted by atomic mass is 10.4. The Morgan fingerprint density at radius 2 is 2.06 bits per heavy atom. The van der Waals surface area contributed by atoms with Crippen molar-refractivity contribution in [3.63, 3.8) is 0 Å². The average Bonchev–Trinajstić information content (AvgIpc) is 2.66. The van der Waals surface area contributed by atoms with Crippen molar-refractivity contribution in [3.05, 3.63) is 29.7 Å². The monoisotopic (exact) mass is 232 g/mol. The van der Waals surface area contributed by atoms with Crippen molar-refractivity contribution in [2.75, 3.05) is 6.54 Å². The molecule has 2 heterocycles. The zero-order valence-corrected chi connectivity index (χ0v) is 10.3. The number of aromatic nitrogens is 5. The number of rotatable bonds is 4. The van der Waals surface area contributed by atoms with Gasteiger partial charge in [0.15, 0.2) is 5.82 Å². The highest BCUT2D eigenvalue weighted by molar-refractivity contribution is 5.20. The lowest BCUT2D eigenvalue weighted by Crippen LogP contribution is -2.14. The first-order chi connectivity index (χ1) is 8.20. The number of hydrogen-bond donors (Lipinski definition) is 1. The minimum absolute atomic E-state index is 0.707. The maximum absolute atomic E-state index is 4.49. The fraction of sp³-hybridized carbons (Fsp3) is 0.455. The molecule has 17 heavy (non-hydrogen) atoms. The van der Waals surface area contributed by atoms with Crippen LogP contribution in [0.4, 0.5) is 0 Å². The summed E-state index contributed by atoms with van der Waals surface area (Å²) in [6.07, 6.45) is 3.45. The van der Waals surface area contributed by atoms with E-state index in [1.54, 1.807) is 17.1 Å². The second-order valence-corrected chi connectivity index (χ2v) is 3.77. The van der Waals surface area contributed by atoms with Crippen LogP contribution in [0.15, 0.2) is 12.4 Å². The van der Waals surface area contributed by atoms with Gasteiger partial charge in [0.1, 0.15) is 11.6 Å². The van der Waals surface area contributed by atoms with Crippen molar-refractivity contribution in [3.8, 4) is 5.82 Å². The summed E-state index contributed by atoms with van der Waals surface area (Å²) >= 11 is 0. The van der Waals surface area contributed by atoms with Crippen LogP contribution in [-0.2, 0) is 6.54 Å². The van der Waals surface area contributed by atoms with Crippen LogP contribution in [0.1, 0.15) is 24.3 Å². The molecule has 0 saturated heterocycles. The molecule has 1 N–H and O–H groups in total. The molecular formula is C11H16N6. The fourth-order valence-corrected chi connectivity index (χ4v) is 1.57. The van der Waals surface area contributed by atoms with Gasteiger partial charge in [0, 0.05) is 12.7 Å². The quantitative estimate of drug-likeness (QED) is 0.843. The largest absolute Gasteiger partial charge is 0.311 e. The Morgan fingerprint density at radius 1 is 1.24 bits per heavy atom. The topological polar surface area (TPSA) is 68.5 Å². The molecule has 2 aromatic heterocycles. The molecule has 0 bridgehead atoms. The van der Waals surface area contributed by atoms with Gasteiger partial charge in [0.2, 0.25) is 0 Å². The molecule has 0 unspecified atom stereocenters. The predicted octanol–water partition coefficient (Wildman–Crippen LogP) is 0.784. The Bertz CT molecular complexity index is 504. The summed E-state index contributed by atoms with van der Waals surface area (Å²) in [5.41, 5.74) is 0.900. The highest BCUT2D eigenvalue weighted by atomic mass is 15.4. The molecule has 0 amide bonds. The molecule has 6 heteroatoms. The molecule has 90 valence electrons. The van der Waals surface area contributed by atoms with Gasteiger partial charge in [-0.3, -0.25) is 4.98 Å². The molecule has 0 atom stereocenters. The lowest BCUT2D eigenvalue weighted by Gasteiger charge is -2.04.